The Labute approximate surface area is 224 Å². The number of aliphatic hydroxyl groups is 1. The third kappa shape index (κ3) is 7.00. The Morgan fingerprint density at radius 2 is 1.92 bits per heavy atom. The molecular formula is C24H34F2N4O8P+. The third-order valence-electron chi connectivity index (χ3n) is 6.19. The predicted molar refractivity (Wildman–Crippen MR) is 135 cm³/mol. The number of nitrogens with one attached hydrogen (secondary N) is 2. The molecule has 2 heterocycles. The second-order valence-corrected chi connectivity index (χ2v) is 11.0. The number of carbonyl (C=O) groups is 1. The second-order valence-electron chi connectivity index (χ2n) is 9.32. The zero-order valence-corrected chi connectivity index (χ0v) is 22.9. The minimum absolute atomic E-state index is 0.0351. The number of aromatic nitrogens is 2. The van der Waals surface area contributed by atoms with Crippen molar-refractivity contribution in [1.29, 1.82) is 0 Å². The fourth-order valence-electron chi connectivity index (χ4n) is 3.90. The maximum absolute atomic E-state index is 15.9. The van der Waals surface area contributed by atoms with Crippen LogP contribution in [0, 0.1) is 0 Å². The van der Waals surface area contributed by atoms with Gasteiger partial charge in [0.25, 0.3) is 5.85 Å². The molecule has 39 heavy (non-hydrogen) atoms. The number of hydrogen-bond acceptors (Lipinski definition) is 9. The van der Waals surface area contributed by atoms with Crippen LogP contribution in [0.25, 0.3) is 0 Å². The molecule has 0 radical (unpaired) electrons. The minimum Gasteiger partial charge on any atom is -0.461 e. The molecule has 0 saturated carbocycles. The predicted octanol–water partition coefficient (Wildman–Crippen LogP) is 2.44. The number of halogens is 2. The van der Waals surface area contributed by atoms with Crippen LogP contribution in [0.1, 0.15) is 46.8 Å². The van der Waals surface area contributed by atoms with Crippen molar-refractivity contribution in [2.24, 2.45) is 0 Å². The molecular weight excluding hydrogens is 541 g/mol. The van der Waals surface area contributed by atoms with Gasteiger partial charge in [-0.3, -0.25) is 14.1 Å². The Hall–Kier alpha value is -2.90. The molecule has 0 spiro atoms. The van der Waals surface area contributed by atoms with E-state index in [1.165, 1.54) is 25.1 Å². The summed E-state index contributed by atoms with van der Waals surface area (Å²) in [6.07, 6.45) is -2.62. The van der Waals surface area contributed by atoms with Gasteiger partial charge in [0.15, 0.2) is 11.9 Å². The van der Waals surface area contributed by atoms with Gasteiger partial charge in [-0.25, -0.2) is 13.3 Å². The van der Waals surface area contributed by atoms with Gasteiger partial charge in [-0.2, -0.15) is 19.4 Å². The highest BCUT2D eigenvalue weighted by Gasteiger charge is 2.67. The van der Waals surface area contributed by atoms with Gasteiger partial charge in [0, 0.05) is 6.07 Å². The summed E-state index contributed by atoms with van der Waals surface area (Å²) in [6.45, 7) is 4.55. The van der Waals surface area contributed by atoms with Crippen LogP contribution in [0.4, 0.5) is 14.6 Å². The lowest BCUT2D eigenvalue weighted by atomic mass is 9.97. The molecule has 5 N–H and O–H groups in total. The standard InChI is InChI=1S/C24H33F2N4O8P/c1-5-16(6-2)36-19(31)15(3)29-39(34,38-17-10-8-7-9-11-17)35-14-24(26)20(32)23(4,25)21(37-24)30-13-12-18(27)28-22(30)33/h7-13,15-16,20-21,32H,5-6,14H2,1-4H3,(H3,27,28,29,33,34)/p+1. The Kier molecular flexibility index (Phi) is 9.50. The molecule has 1 aliphatic rings. The van der Waals surface area contributed by atoms with Crippen LogP contribution in [-0.4, -0.2) is 52.4 Å². The molecule has 0 bridgehead atoms. The van der Waals surface area contributed by atoms with E-state index in [1.807, 2.05) is 13.8 Å². The number of hydrogen-bond donors (Lipinski definition) is 4. The van der Waals surface area contributed by atoms with E-state index in [1.54, 1.807) is 18.2 Å². The average molecular weight is 576 g/mol. The molecule has 1 aromatic heterocycles. The van der Waals surface area contributed by atoms with Gasteiger partial charge in [-0.1, -0.05) is 32.0 Å². The Morgan fingerprint density at radius 3 is 2.51 bits per heavy atom. The van der Waals surface area contributed by atoms with Crippen molar-refractivity contribution in [1.82, 2.24) is 10.1 Å². The summed E-state index contributed by atoms with van der Waals surface area (Å²) in [7, 11) is -4.58. The van der Waals surface area contributed by atoms with E-state index in [0.29, 0.717) is 17.4 Å². The molecule has 0 aliphatic carbocycles. The average Bonchev–Trinajstić information content (AvgIpc) is 3.06. The number of carbonyl (C=O) groups excluding carboxylic acids is 1. The monoisotopic (exact) mass is 575 g/mol. The van der Waals surface area contributed by atoms with Crippen molar-refractivity contribution >= 4 is 19.5 Å². The number of esters is 1. The third-order valence-corrected chi connectivity index (χ3v) is 7.81. The number of rotatable bonds is 12. The number of aromatic amines is 1. The van der Waals surface area contributed by atoms with E-state index in [2.05, 4.69) is 10.1 Å². The number of nitrogens with two attached hydrogens (primary N) is 1. The number of H-pyrrole nitrogens is 1. The molecule has 12 nitrogen and oxygen atoms in total. The smallest absolute Gasteiger partial charge is 0.461 e. The highest BCUT2D eigenvalue weighted by molar-refractivity contribution is 7.52. The molecule has 1 aromatic carbocycles. The van der Waals surface area contributed by atoms with E-state index in [9.17, 15) is 19.3 Å². The van der Waals surface area contributed by atoms with Crippen molar-refractivity contribution < 1.29 is 46.3 Å². The van der Waals surface area contributed by atoms with Crippen molar-refractivity contribution in [2.45, 2.75) is 76.5 Å². The lowest BCUT2D eigenvalue weighted by Crippen LogP contribution is -2.60. The zero-order valence-electron chi connectivity index (χ0n) is 22.0. The van der Waals surface area contributed by atoms with Crippen molar-refractivity contribution in [2.75, 3.05) is 12.3 Å². The summed E-state index contributed by atoms with van der Waals surface area (Å²) in [6, 6.07) is 7.69. The molecule has 2 aromatic rings. The highest BCUT2D eigenvalue weighted by atomic mass is 31.2. The van der Waals surface area contributed by atoms with Gasteiger partial charge in [0.2, 0.25) is 11.9 Å². The molecule has 6 atom stereocenters. The van der Waals surface area contributed by atoms with E-state index >= 15 is 8.78 Å². The number of para-hydroxylation sites is 1. The van der Waals surface area contributed by atoms with Gasteiger partial charge < -0.3 is 20.1 Å². The van der Waals surface area contributed by atoms with Crippen molar-refractivity contribution in [3.8, 4) is 5.75 Å². The lowest BCUT2D eigenvalue weighted by molar-refractivity contribution is -0.786. The summed E-state index contributed by atoms with van der Waals surface area (Å²) in [4.78, 5) is 27.1. The number of aliphatic hydroxyl groups excluding tert-OH is 1. The first kappa shape index (κ1) is 30.6. The summed E-state index contributed by atoms with van der Waals surface area (Å²) < 4.78 is 67.1. The van der Waals surface area contributed by atoms with Crippen molar-refractivity contribution in [3.05, 3.63) is 53.1 Å². The first-order valence-corrected chi connectivity index (χ1v) is 13.9. The molecule has 1 aliphatic heterocycles. The minimum atomic E-state index is -4.58. The maximum atomic E-state index is 15.9. The Bertz CT molecular complexity index is 1250. The number of nitrogen functional groups attached to an aromatic ring is 1. The molecule has 1 saturated heterocycles. The topological polar surface area (TPSA) is 166 Å². The van der Waals surface area contributed by atoms with E-state index in [0.717, 1.165) is 13.1 Å². The van der Waals surface area contributed by atoms with Crippen LogP contribution in [0.3, 0.4) is 0 Å². The molecule has 0 amide bonds. The van der Waals surface area contributed by atoms with Gasteiger partial charge in [-0.05, 0) is 38.8 Å². The maximum Gasteiger partial charge on any atom is 0.499 e. The number of benzene rings is 1. The van der Waals surface area contributed by atoms with E-state index < -0.39 is 55.9 Å². The van der Waals surface area contributed by atoms with Crippen LogP contribution in [-0.2, 0) is 23.4 Å². The van der Waals surface area contributed by atoms with Crippen LogP contribution >= 0.6 is 7.75 Å². The SMILES string of the molecule is CCC(CC)OC(=O)C(C)NP(=O)(OCC1(F)OC([n+]2ccc(N)[nH]c2=O)C(C)(F)C1O)Oc1ccccc1. The molecule has 6 unspecified atom stereocenters. The normalized spacial score (nSPS) is 27.2. The summed E-state index contributed by atoms with van der Waals surface area (Å²) >= 11 is 0. The summed E-state index contributed by atoms with van der Waals surface area (Å²) in [5.41, 5.74) is 1.74. The quantitative estimate of drug-likeness (QED) is 0.168. The Balaban J connectivity index is 1.84. The first-order chi connectivity index (χ1) is 18.2. The fraction of sp³-hybridized carbons (Fsp3) is 0.542. The Morgan fingerprint density at radius 1 is 1.28 bits per heavy atom. The van der Waals surface area contributed by atoms with Crippen LogP contribution in [0.2, 0.25) is 0 Å². The molecule has 216 valence electrons. The second kappa shape index (κ2) is 12.1. The number of ether oxygens (including phenoxy) is 2. The fourth-order valence-corrected chi connectivity index (χ4v) is 5.41. The summed E-state index contributed by atoms with van der Waals surface area (Å²) in [5, 5.41) is 12.9. The largest absolute Gasteiger partial charge is 0.499 e. The van der Waals surface area contributed by atoms with E-state index in [4.69, 9.17) is 24.3 Å². The van der Waals surface area contributed by atoms with E-state index in [-0.39, 0.29) is 17.7 Å². The van der Waals surface area contributed by atoms with Crippen molar-refractivity contribution in [3.63, 3.8) is 0 Å². The number of anilines is 1. The number of alkyl halides is 2. The van der Waals surface area contributed by atoms with Crippen LogP contribution in [0.15, 0.2) is 47.4 Å². The van der Waals surface area contributed by atoms with Gasteiger partial charge in [-0.15, -0.1) is 0 Å². The van der Waals surface area contributed by atoms with Gasteiger partial charge in [0.1, 0.15) is 30.7 Å². The number of nitrogens with zero attached hydrogens (tertiary/aromatic N) is 1. The molecule has 1 fully saturated rings. The lowest BCUT2D eigenvalue weighted by Gasteiger charge is -2.28. The van der Waals surface area contributed by atoms with Gasteiger partial charge in [0.05, 0.1) is 0 Å². The summed E-state index contributed by atoms with van der Waals surface area (Å²) in [5.74, 6) is -4.03. The van der Waals surface area contributed by atoms with Crippen LogP contribution < -0.4 is 25.6 Å². The highest BCUT2D eigenvalue weighted by Crippen LogP contribution is 2.50. The molecule has 3 rings (SSSR count). The zero-order chi connectivity index (χ0) is 29.0. The van der Waals surface area contributed by atoms with Gasteiger partial charge >= 0.3 is 19.4 Å². The molecule has 15 heteroatoms. The van der Waals surface area contributed by atoms with Crippen LogP contribution in [0.5, 0.6) is 5.75 Å². The first-order valence-electron chi connectivity index (χ1n) is 12.4.